The number of carboxylic acids is 1. The molecule has 0 aliphatic carbocycles. The van der Waals surface area contributed by atoms with Crippen LogP contribution in [0.4, 0.5) is 0 Å². The minimum atomic E-state index is -3.63. The van der Waals surface area contributed by atoms with Gasteiger partial charge in [-0.05, 0) is 32.2 Å². The molecule has 10 heteroatoms. The molecule has 0 radical (unpaired) electrons. The lowest BCUT2D eigenvalue weighted by molar-refractivity contribution is -0.150. The van der Waals surface area contributed by atoms with Crippen LogP contribution >= 0.6 is 11.3 Å². The Morgan fingerprint density at radius 3 is 2.54 bits per heavy atom. The van der Waals surface area contributed by atoms with Gasteiger partial charge in [-0.25, -0.2) is 18.2 Å². The van der Waals surface area contributed by atoms with E-state index >= 15 is 0 Å². The average Bonchev–Trinajstić information content (AvgIpc) is 3.27. The van der Waals surface area contributed by atoms with Crippen molar-refractivity contribution in [2.24, 2.45) is 0 Å². The third kappa shape index (κ3) is 4.61. The van der Waals surface area contributed by atoms with Gasteiger partial charge in [-0.1, -0.05) is 6.92 Å². The zero-order valence-corrected chi connectivity index (χ0v) is 17.9. The van der Waals surface area contributed by atoms with Crippen LogP contribution in [0.5, 0.6) is 0 Å². The monoisotopic (exact) mass is 427 g/mol. The van der Waals surface area contributed by atoms with Crippen molar-refractivity contribution in [1.29, 1.82) is 0 Å². The number of aromatic amines is 1. The number of carbonyl (C=O) groups is 2. The third-order valence-corrected chi connectivity index (χ3v) is 7.96. The normalized spacial score (nSPS) is 13.3. The van der Waals surface area contributed by atoms with E-state index in [9.17, 15) is 23.1 Å². The highest BCUT2D eigenvalue weighted by Crippen LogP contribution is 2.32. The molecule has 0 spiro atoms. The lowest BCUT2D eigenvalue weighted by Gasteiger charge is -2.29. The van der Waals surface area contributed by atoms with Crippen LogP contribution in [0.3, 0.4) is 0 Å². The second kappa shape index (κ2) is 8.44. The molecule has 0 saturated heterocycles. The van der Waals surface area contributed by atoms with Crippen LogP contribution in [0.25, 0.3) is 0 Å². The van der Waals surface area contributed by atoms with Crippen LogP contribution in [-0.2, 0) is 32.4 Å². The summed E-state index contributed by atoms with van der Waals surface area (Å²) in [7, 11) is -3.63. The molecule has 0 bridgehead atoms. The van der Waals surface area contributed by atoms with Crippen LogP contribution in [0, 0.1) is 0 Å². The van der Waals surface area contributed by atoms with Gasteiger partial charge in [0.15, 0.2) is 9.84 Å². The van der Waals surface area contributed by atoms with Crippen molar-refractivity contribution >= 4 is 33.1 Å². The van der Waals surface area contributed by atoms with Crippen molar-refractivity contribution in [3.05, 3.63) is 34.5 Å². The van der Waals surface area contributed by atoms with Crippen molar-refractivity contribution < 1.29 is 23.1 Å². The van der Waals surface area contributed by atoms with Gasteiger partial charge in [0.05, 0.1) is 28.2 Å². The molecule has 2 N–H and O–H groups in total. The number of carboxylic acid groups (broad SMARTS) is 1. The first-order valence-corrected chi connectivity index (χ1v) is 11.2. The number of aromatic nitrogens is 2. The second-order valence-electron chi connectivity index (χ2n) is 7.32. The minimum absolute atomic E-state index is 0.0251. The maximum absolute atomic E-state index is 12.9. The van der Waals surface area contributed by atoms with Gasteiger partial charge in [-0.2, -0.15) is 0 Å². The molecule has 2 heterocycles. The Labute approximate surface area is 168 Å². The van der Waals surface area contributed by atoms with Crippen LogP contribution in [-0.4, -0.2) is 51.1 Å². The van der Waals surface area contributed by atoms with Gasteiger partial charge in [0.25, 0.3) is 0 Å². The predicted octanol–water partition coefficient (Wildman–Crippen LogP) is 2.48. The first-order valence-electron chi connectivity index (χ1n) is 8.80. The van der Waals surface area contributed by atoms with Gasteiger partial charge < -0.3 is 15.0 Å². The molecule has 0 aliphatic heterocycles. The van der Waals surface area contributed by atoms with E-state index in [2.05, 4.69) is 9.97 Å². The number of hydrogen-bond donors (Lipinski definition) is 2. The maximum Gasteiger partial charge on any atom is 0.326 e. The number of rotatable bonds is 8. The number of nitrogens with one attached hydrogen (secondary N) is 1. The Morgan fingerprint density at radius 2 is 2.04 bits per heavy atom. The van der Waals surface area contributed by atoms with E-state index in [0.717, 1.165) is 0 Å². The molecule has 0 unspecified atom stereocenters. The summed E-state index contributed by atoms with van der Waals surface area (Å²) in [5.74, 6) is -1.53. The molecule has 8 nitrogen and oxygen atoms in total. The van der Waals surface area contributed by atoms with Crippen LogP contribution < -0.4 is 0 Å². The van der Waals surface area contributed by atoms with Crippen molar-refractivity contribution in [2.75, 3.05) is 0 Å². The average molecular weight is 428 g/mol. The summed E-state index contributed by atoms with van der Waals surface area (Å²) in [5, 5.41) is 11.4. The summed E-state index contributed by atoms with van der Waals surface area (Å²) < 4.78 is 24.8. The van der Waals surface area contributed by atoms with E-state index in [0.29, 0.717) is 10.6 Å². The number of carbonyl (C=O) groups excluding carboxylic acids is 1. The van der Waals surface area contributed by atoms with E-state index in [1.807, 2.05) is 0 Å². The lowest BCUT2D eigenvalue weighted by atomic mass is 10.1. The van der Waals surface area contributed by atoms with Crippen molar-refractivity contribution in [2.45, 2.75) is 62.8 Å². The van der Waals surface area contributed by atoms with Crippen LogP contribution in [0.2, 0.25) is 0 Å². The van der Waals surface area contributed by atoms with E-state index in [-0.39, 0.29) is 30.2 Å². The van der Waals surface area contributed by atoms with Gasteiger partial charge in [0.1, 0.15) is 6.04 Å². The first-order chi connectivity index (χ1) is 13.0. The van der Waals surface area contributed by atoms with Crippen LogP contribution in [0.15, 0.2) is 28.9 Å². The van der Waals surface area contributed by atoms with Gasteiger partial charge in [0.2, 0.25) is 5.91 Å². The number of amides is 1. The molecule has 0 saturated carbocycles. The predicted molar refractivity (Wildman–Crippen MR) is 106 cm³/mol. The number of nitrogens with zero attached hydrogens (tertiary/aromatic N) is 2. The molecular formula is C18H25N3O5S2. The number of thiophene rings is 1. The molecule has 0 aromatic carbocycles. The molecule has 154 valence electrons. The number of sulfone groups is 1. The Hall–Kier alpha value is -2.20. The zero-order valence-electron chi connectivity index (χ0n) is 16.3. The molecule has 1 amide bonds. The Kier molecular flexibility index (Phi) is 6.66. The third-order valence-electron chi connectivity index (χ3n) is 4.36. The summed E-state index contributed by atoms with van der Waals surface area (Å²) in [4.78, 5) is 33.1. The minimum Gasteiger partial charge on any atom is -0.480 e. The molecular weight excluding hydrogens is 402 g/mol. The quantitative estimate of drug-likeness (QED) is 0.668. The molecule has 2 aromatic heterocycles. The molecule has 2 aromatic rings. The highest BCUT2D eigenvalue weighted by atomic mass is 32.2. The fourth-order valence-electron chi connectivity index (χ4n) is 2.67. The number of aliphatic carboxylic acids is 1. The fourth-order valence-corrected chi connectivity index (χ4v) is 5.27. The van der Waals surface area contributed by atoms with E-state index in [1.54, 1.807) is 39.3 Å². The molecule has 1 atom stereocenters. The Balaban J connectivity index is 2.42. The maximum atomic E-state index is 12.9. The summed E-state index contributed by atoms with van der Waals surface area (Å²) in [6, 6.07) is 0.363. The molecule has 28 heavy (non-hydrogen) atoms. The van der Waals surface area contributed by atoms with Crippen molar-refractivity contribution in [1.82, 2.24) is 14.9 Å². The summed E-state index contributed by atoms with van der Waals surface area (Å²) in [6.45, 7) is 6.38. The lowest BCUT2D eigenvalue weighted by Crippen LogP contribution is -2.46. The van der Waals surface area contributed by atoms with E-state index in [1.165, 1.54) is 28.6 Å². The first kappa shape index (κ1) is 22.1. The topological polar surface area (TPSA) is 120 Å². The second-order valence-corrected chi connectivity index (χ2v) is 11.0. The highest BCUT2D eigenvalue weighted by Gasteiger charge is 2.36. The highest BCUT2D eigenvalue weighted by molar-refractivity contribution is 7.93. The van der Waals surface area contributed by atoms with Gasteiger partial charge in [-0.3, -0.25) is 4.79 Å². The summed E-state index contributed by atoms with van der Waals surface area (Å²) in [6.07, 6.45) is 3.15. The Bertz CT molecular complexity index is 927. The molecule has 0 fully saturated rings. The standard InChI is InChI=1S/C18H25N3O5S2/c1-5-16(22)21(13(17(23)24)8-12-9-19-11-20-12)10-14-15(6-7-27-14)28(25,26)18(2,3)4/h6-7,9,11,13H,5,8,10H2,1-4H3,(H,19,20)(H,23,24)/t13-/m0/s1. The van der Waals surface area contributed by atoms with Gasteiger partial charge in [-0.15, -0.1) is 11.3 Å². The fraction of sp³-hybridized carbons (Fsp3) is 0.500. The summed E-state index contributed by atoms with van der Waals surface area (Å²) in [5.41, 5.74) is 0.509. The largest absolute Gasteiger partial charge is 0.480 e. The van der Waals surface area contributed by atoms with Crippen molar-refractivity contribution in [3.8, 4) is 0 Å². The van der Waals surface area contributed by atoms with Crippen molar-refractivity contribution in [3.63, 3.8) is 0 Å². The molecule has 0 aliphatic rings. The molecule has 2 rings (SSSR count). The number of H-pyrrole nitrogens is 1. The van der Waals surface area contributed by atoms with E-state index < -0.39 is 26.6 Å². The SMILES string of the molecule is CCC(=O)N(Cc1sccc1S(=O)(=O)C(C)(C)C)[C@@H](Cc1c[nH]cn1)C(=O)O. The smallest absolute Gasteiger partial charge is 0.326 e. The van der Waals surface area contributed by atoms with Crippen LogP contribution in [0.1, 0.15) is 44.7 Å². The summed E-state index contributed by atoms with van der Waals surface area (Å²) >= 11 is 1.20. The number of hydrogen-bond acceptors (Lipinski definition) is 6. The zero-order chi connectivity index (χ0) is 21.1. The Morgan fingerprint density at radius 1 is 1.36 bits per heavy atom. The van der Waals surface area contributed by atoms with Gasteiger partial charge >= 0.3 is 5.97 Å². The van der Waals surface area contributed by atoms with Gasteiger partial charge in [0, 0.05) is 23.9 Å². The van der Waals surface area contributed by atoms with E-state index in [4.69, 9.17) is 0 Å². The number of imidazole rings is 1.